The number of nitrogens with zero attached hydrogens (tertiary/aromatic N) is 2. The largest absolute Gasteiger partial charge is 0.444 e. The highest BCUT2D eigenvalue weighted by atomic mass is 19.3. The van der Waals surface area contributed by atoms with Crippen molar-refractivity contribution in [3.05, 3.63) is 24.4 Å². The fourth-order valence-corrected chi connectivity index (χ4v) is 3.10. The molecular weight excluding hydrogens is 328 g/mol. The van der Waals surface area contributed by atoms with Gasteiger partial charge in [0, 0.05) is 23.9 Å². The Morgan fingerprint density at radius 3 is 2.64 bits per heavy atom. The summed E-state index contributed by atoms with van der Waals surface area (Å²) in [5.74, 6) is -2.57. The maximum Gasteiger partial charge on any atom is 0.412 e. The molecule has 1 aromatic heterocycles. The van der Waals surface area contributed by atoms with Gasteiger partial charge in [-0.2, -0.15) is 5.10 Å². The third-order valence-electron chi connectivity index (χ3n) is 4.28. The number of carbonyl (C=O) groups excluding carboxylic acids is 1. The van der Waals surface area contributed by atoms with Gasteiger partial charge >= 0.3 is 6.09 Å². The van der Waals surface area contributed by atoms with E-state index in [-0.39, 0.29) is 18.9 Å². The molecule has 1 aliphatic rings. The Balaban J connectivity index is 1.79. The number of halogens is 2. The lowest BCUT2D eigenvalue weighted by molar-refractivity contribution is -0.0446. The molecule has 1 amide bonds. The number of anilines is 1. The van der Waals surface area contributed by atoms with E-state index in [1.54, 1.807) is 43.8 Å². The standard InChI is InChI=1S/C18H23F2N3O2/c1-17(2,3)25-16(24)22-13-5-4-12-11-21-23(15(12)10-13)14-6-8-18(19,20)9-7-14/h4-5,10-11,14H,6-9H2,1-3H3,(H,22,24). The maximum atomic E-state index is 13.4. The molecule has 0 saturated heterocycles. The van der Waals surface area contributed by atoms with Crippen molar-refractivity contribution in [2.24, 2.45) is 0 Å². The van der Waals surface area contributed by atoms with Crippen molar-refractivity contribution in [3.8, 4) is 0 Å². The third-order valence-corrected chi connectivity index (χ3v) is 4.28. The Morgan fingerprint density at radius 1 is 1.32 bits per heavy atom. The summed E-state index contributed by atoms with van der Waals surface area (Å²) in [7, 11) is 0. The number of hydrogen-bond donors (Lipinski definition) is 1. The van der Waals surface area contributed by atoms with Crippen LogP contribution in [0.1, 0.15) is 52.5 Å². The molecule has 5 nitrogen and oxygen atoms in total. The average molecular weight is 351 g/mol. The van der Waals surface area contributed by atoms with Gasteiger partial charge in [-0.25, -0.2) is 13.6 Å². The minimum Gasteiger partial charge on any atom is -0.444 e. The fourth-order valence-electron chi connectivity index (χ4n) is 3.10. The van der Waals surface area contributed by atoms with E-state index in [1.807, 2.05) is 6.07 Å². The number of amides is 1. The smallest absolute Gasteiger partial charge is 0.412 e. The van der Waals surface area contributed by atoms with Crippen molar-refractivity contribution in [2.45, 2.75) is 64.0 Å². The Kier molecular flexibility index (Phi) is 4.43. The van der Waals surface area contributed by atoms with Crippen LogP contribution in [0.2, 0.25) is 0 Å². The van der Waals surface area contributed by atoms with E-state index in [9.17, 15) is 13.6 Å². The highest BCUT2D eigenvalue weighted by Gasteiger charge is 2.36. The van der Waals surface area contributed by atoms with E-state index in [0.717, 1.165) is 10.9 Å². The van der Waals surface area contributed by atoms with Crippen molar-refractivity contribution < 1.29 is 18.3 Å². The minimum absolute atomic E-state index is 0.0473. The summed E-state index contributed by atoms with van der Waals surface area (Å²) in [4.78, 5) is 11.9. The number of fused-ring (bicyclic) bond motifs is 1. The number of rotatable bonds is 2. The second-order valence-electron chi connectivity index (χ2n) is 7.58. The Labute approximate surface area is 145 Å². The number of ether oxygens (including phenoxy) is 1. The van der Waals surface area contributed by atoms with Crippen molar-refractivity contribution >= 4 is 22.7 Å². The first kappa shape index (κ1) is 17.6. The van der Waals surface area contributed by atoms with Crippen molar-refractivity contribution in [1.29, 1.82) is 0 Å². The molecule has 136 valence electrons. The van der Waals surface area contributed by atoms with Crippen LogP contribution in [-0.4, -0.2) is 27.4 Å². The van der Waals surface area contributed by atoms with Gasteiger partial charge in [-0.3, -0.25) is 10.00 Å². The molecule has 0 bridgehead atoms. The molecule has 1 fully saturated rings. The number of benzene rings is 1. The lowest BCUT2D eigenvalue weighted by atomic mass is 9.92. The zero-order valence-corrected chi connectivity index (χ0v) is 14.7. The van der Waals surface area contributed by atoms with Crippen LogP contribution in [0.5, 0.6) is 0 Å². The molecule has 0 unspecified atom stereocenters. The van der Waals surface area contributed by atoms with Crippen LogP contribution < -0.4 is 5.32 Å². The molecule has 25 heavy (non-hydrogen) atoms. The summed E-state index contributed by atoms with van der Waals surface area (Å²) in [6, 6.07) is 5.38. The monoisotopic (exact) mass is 351 g/mol. The normalized spacial score (nSPS) is 18.3. The molecule has 0 atom stereocenters. The summed E-state index contributed by atoms with van der Waals surface area (Å²) in [6.45, 7) is 5.39. The first-order chi connectivity index (χ1) is 11.6. The predicted octanol–water partition coefficient (Wildman–Crippen LogP) is 5.13. The Bertz CT molecular complexity index is 770. The van der Waals surface area contributed by atoms with Crippen LogP contribution in [0.15, 0.2) is 24.4 Å². The van der Waals surface area contributed by atoms with Gasteiger partial charge in [-0.1, -0.05) is 0 Å². The first-order valence-electron chi connectivity index (χ1n) is 8.48. The molecular formula is C18H23F2N3O2. The van der Waals surface area contributed by atoms with E-state index in [0.29, 0.717) is 18.5 Å². The van der Waals surface area contributed by atoms with Gasteiger partial charge in [-0.05, 0) is 51.8 Å². The van der Waals surface area contributed by atoms with E-state index in [1.165, 1.54) is 0 Å². The summed E-state index contributed by atoms with van der Waals surface area (Å²) < 4.78 is 33.8. The fraction of sp³-hybridized carbons (Fsp3) is 0.556. The van der Waals surface area contributed by atoms with Crippen molar-refractivity contribution in [1.82, 2.24) is 9.78 Å². The maximum absolute atomic E-state index is 13.4. The van der Waals surface area contributed by atoms with Crippen LogP contribution in [0.25, 0.3) is 10.9 Å². The molecule has 1 N–H and O–H groups in total. The zero-order chi connectivity index (χ0) is 18.2. The summed E-state index contributed by atoms with van der Waals surface area (Å²) >= 11 is 0. The summed E-state index contributed by atoms with van der Waals surface area (Å²) in [5, 5.41) is 7.98. The van der Waals surface area contributed by atoms with Crippen LogP contribution in [0.3, 0.4) is 0 Å². The highest BCUT2D eigenvalue weighted by molar-refractivity contribution is 5.89. The number of aromatic nitrogens is 2. The van der Waals surface area contributed by atoms with Gasteiger partial charge in [0.05, 0.1) is 17.8 Å². The van der Waals surface area contributed by atoms with Gasteiger partial charge in [0.2, 0.25) is 5.92 Å². The lowest BCUT2D eigenvalue weighted by Gasteiger charge is -2.28. The molecule has 7 heteroatoms. The number of hydrogen-bond acceptors (Lipinski definition) is 3. The average Bonchev–Trinajstić information content (AvgIpc) is 2.88. The van der Waals surface area contributed by atoms with Crippen LogP contribution in [0.4, 0.5) is 19.3 Å². The van der Waals surface area contributed by atoms with E-state index in [4.69, 9.17) is 4.74 Å². The van der Waals surface area contributed by atoms with E-state index >= 15 is 0 Å². The van der Waals surface area contributed by atoms with Crippen LogP contribution in [-0.2, 0) is 4.74 Å². The molecule has 1 aromatic carbocycles. The molecule has 1 saturated carbocycles. The molecule has 0 aliphatic heterocycles. The molecule has 0 radical (unpaired) electrons. The van der Waals surface area contributed by atoms with Crippen LogP contribution in [0, 0.1) is 0 Å². The minimum atomic E-state index is -2.57. The molecule has 3 rings (SSSR count). The molecule has 2 aromatic rings. The number of nitrogens with one attached hydrogen (secondary N) is 1. The Morgan fingerprint density at radius 2 is 2.00 bits per heavy atom. The Hall–Kier alpha value is -2.18. The second kappa shape index (κ2) is 6.28. The van der Waals surface area contributed by atoms with Crippen LogP contribution >= 0.6 is 0 Å². The summed E-state index contributed by atoms with van der Waals surface area (Å²) in [5.41, 5.74) is 0.830. The van der Waals surface area contributed by atoms with Gasteiger partial charge in [0.25, 0.3) is 0 Å². The summed E-state index contributed by atoms with van der Waals surface area (Å²) in [6.07, 6.45) is 1.75. The zero-order valence-electron chi connectivity index (χ0n) is 14.7. The van der Waals surface area contributed by atoms with Gasteiger partial charge in [0.15, 0.2) is 0 Å². The third kappa shape index (κ3) is 4.27. The topological polar surface area (TPSA) is 56.1 Å². The van der Waals surface area contributed by atoms with Gasteiger partial charge < -0.3 is 4.74 Å². The van der Waals surface area contributed by atoms with Gasteiger partial charge in [0.1, 0.15) is 5.60 Å². The van der Waals surface area contributed by atoms with Crippen molar-refractivity contribution in [3.63, 3.8) is 0 Å². The van der Waals surface area contributed by atoms with E-state index < -0.39 is 17.6 Å². The van der Waals surface area contributed by atoms with E-state index in [2.05, 4.69) is 10.4 Å². The second-order valence-corrected chi connectivity index (χ2v) is 7.58. The predicted molar refractivity (Wildman–Crippen MR) is 92.0 cm³/mol. The number of alkyl halides is 2. The quantitative estimate of drug-likeness (QED) is 0.816. The number of carbonyl (C=O) groups is 1. The molecule has 1 aliphatic carbocycles. The SMILES string of the molecule is CC(C)(C)OC(=O)Nc1ccc2cnn(C3CCC(F)(F)CC3)c2c1. The first-order valence-corrected chi connectivity index (χ1v) is 8.48. The van der Waals surface area contributed by atoms with Crippen molar-refractivity contribution in [2.75, 3.05) is 5.32 Å². The lowest BCUT2D eigenvalue weighted by Crippen LogP contribution is -2.27. The molecule has 1 heterocycles. The highest BCUT2D eigenvalue weighted by Crippen LogP contribution is 2.39. The van der Waals surface area contributed by atoms with Gasteiger partial charge in [-0.15, -0.1) is 0 Å². The molecule has 0 spiro atoms.